The molecule has 144 valence electrons. The smallest absolute Gasteiger partial charge is 0.226 e. The normalized spacial score (nSPS) is 20.4. The van der Waals surface area contributed by atoms with Gasteiger partial charge in [-0.05, 0) is 39.0 Å². The first-order valence-corrected chi connectivity index (χ1v) is 10.7. The maximum atomic E-state index is 13.0. The minimum Gasteiger partial charge on any atom is -0.334 e. The fourth-order valence-corrected chi connectivity index (χ4v) is 4.81. The fraction of sp³-hybridized carbons (Fsp3) is 0.632. The lowest BCUT2D eigenvalue weighted by molar-refractivity contribution is -0.136. The van der Waals surface area contributed by atoms with E-state index in [2.05, 4.69) is 37.3 Å². The fourth-order valence-electron chi connectivity index (χ4n) is 4.13. The summed E-state index contributed by atoms with van der Waals surface area (Å²) in [6.07, 6.45) is 7.30. The van der Waals surface area contributed by atoms with E-state index < -0.39 is 0 Å². The molecule has 7 nitrogen and oxygen atoms in total. The molecule has 27 heavy (non-hydrogen) atoms. The summed E-state index contributed by atoms with van der Waals surface area (Å²) in [6.45, 7) is 4.79. The lowest BCUT2D eigenvalue weighted by atomic mass is 10.0. The highest BCUT2D eigenvalue weighted by Crippen LogP contribution is 2.36. The van der Waals surface area contributed by atoms with Gasteiger partial charge in [0.1, 0.15) is 16.6 Å². The third-order valence-electron chi connectivity index (χ3n) is 5.44. The van der Waals surface area contributed by atoms with Gasteiger partial charge in [0.15, 0.2) is 0 Å². The Morgan fingerprint density at radius 3 is 2.78 bits per heavy atom. The Labute approximate surface area is 163 Å². The zero-order chi connectivity index (χ0) is 18.8. The van der Waals surface area contributed by atoms with E-state index in [1.165, 1.54) is 24.2 Å². The van der Waals surface area contributed by atoms with Gasteiger partial charge in [0.2, 0.25) is 11.0 Å². The van der Waals surface area contributed by atoms with Gasteiger partial charge in [-0.1, -0.05) is 31.1 Å². The summed E-state index contributed by atoms with van der Waals surface area (Å²) in [6, 6.07) is 2.02. The van der Waals surface area contributed by atoms with E-state index in [1.54, 1.807) is 0 Å². The van der Waals surface area contributed by atoms with Crippen LogP contribution in [0.4, 0.5) is 10.9 Å². The van der Waals surface area contributed by atoms with Crippen LogP contribution >= 0.6 is 11.3 Å². The standard InChI is InChI=1S/C19H26N6OS/c1-3-17-23-24-19(27-17)22-16-11-14(20-12(2)21-16)15-9-6-10-25(15)18(26)13-7-4-5-8-13/h11,13,15H,3-10H2,1-2H3,(H,20,21,22,24)/t15-/m0/s1. The van der Waals surface area contributed by atoms with Gasteiger partial charge in [-0.15, -0.1) is 10.2 Å². The van der Waals surface area contributed by atoms with E-state index in [0.717, 1.165) is 60.3 Å². The van der Waals surface area contributed by atoms with Crippen LogP contribution in [0.15, 0.2) is 6.07 Å². The van der Waals surface area contributed by atoms with Gasteiger partial charge < -0.3 is 10.2 Å². The maximum absolute atomic E-state index is 13.0. The molecule has 1 aliphatic carbocycles. The van der Waals surface area contributed by atoms with Gasteiger partial charge in [0.05, 0.1) is 11.7 Å². The predicted molar refractivity (Wildman–Crippen MR) is 105 cm³/mol. The van der Waals surface area contributed by atoms with Gasteiger partial charge in [0.25, 0.3) is 0 Å². The van der Waals surface area contributed by atoms with Crippen molar-refractivity contribution in [3.63, 3.8) is 0 Å². The Kier molecular flexibility index (Phi) is 5.33. The predicted octanol–water partition coefficient (Wildman–Crippen LogP) is 3.80. The molecule has 2 aromatic heterocycles. The molecule has 1 N–H and O–H groups in total. The minimum absolute atomic E-state index is 0.0565. The van der Waals surface area contributed by atoms with Crippen LogP contribution in [0.5, 0.6) is 0 Å². The number of aryl methyl sites for hydroxylation is 2. The lowest BCUT2D eigenvalue weighted by Crippen LogP contribution is -2.35. The summed E-state index contributed by atoms with van der Waals surface area (Å²) in [7, 11) is 0. The molecule has 2 aromatic rings. The SMILES string of the molecule is CCc1nnc(Nc2cc([C@@H]3CCCN3C(=O)C3CCCC3)nc(C)n2)s1. The molecule has 1 amide bonds. The van der Waals surface area contributed by atoms with Crippen molar-refractivity contribution in [2.75, 3.05) is 11.9 Å². The second kappa shape index (κ2) is 7.88. The quantitative estimate of drug-likeness (QED) is 0.841. The van der Waals surface area contributed by atoms with Gasteiger partial charge in [0, 0.05) is 18.5 Å². The molecule has 0 bridgehead atoms. The molecule has 4 rings (SSSR count). The van der Waals surface area contributed by atoms with Crippen molar-refractivity contribution >= 4 is 28.2 Å². The van der Waals surface area contributed by atoms with Crippen LogP contribution in [0.3, 0.4) is 0 Å². The van der Waals surface area contributed by atoms with E-state index in [0.29, 0.717) is 11.7 Å². The number of nitrogens with zero attached hydrogens (tertiary/aromatic N) is 5. The Morgan fingerprint density at radius 1 is 1.22 bits per heavy atom. The highest BCUT2D eigenvalue weighted by atomic mass is 32.1. The van der Waals surface area contributed by atoms with Crippen molar-refractivity contribution in [2.45, 2.75) is 64.8 Å². The monoisotopic (exact) mass is 386 g/mol. The second-order valence-electron chi connectivity index (χ2n) is 7.38. The van der Waals surface area contributed by atoms with E-state index >= 15 is 0 Å². The lowest BCUT2D eigenvalue weighted by Gasteiger charge is -2.27. The Morgan fingerprint density at radius 2 is 2.04 bits per heavy atom. The molecular formula is C19H26N6OS. The first-order valence-electron chi connectivity index (χ1n) is 9.89. The second-order valence-corrected chi connectivity index (χ2v) is 8.44. The summed E-state index contributed by atoms with van der Waals surface area (Å²) in [5, 5.41) is 13.3. The molecule has 3 heterocycles. The molecule has 8 heteroatoms. The van der Waals surface area contributed by atoms with E-state index in [-0.39, 0.29) is 12.0 Å². The van der Waals surface area contributed by atoms with Crippen molar-refractivity contribution in [1.82, 2.24) is 25.1 Å². The van der Waals surface area contributed by atoms with E-state index in [1.807, 2.05) is 13.0 Å². The molecule has 0 aromatic carbocycles. The largest absolute Gasteiger partial charge is 0.334 e. The van der Waals surface area contributed by atoms with Crippen LogP contribution in [-0.4, -0.2) is 37.5 Å². The topological polar surface area (TPSA) is 83.9 Å². The number of hydrogen-bond acceptors (Lipinski definition) is 7. The van der Waals surface area contributed by atoms with Crippen molar-refractivity contribution in [1.29, 1.82) is 0 Å². The number of carbonyl (C=O) groups is 1. The van der Waals surface area contributed by atoms with Crippen molar-refractivity contribution in [3.8, 4) is 0 Å². The minimum atomic E-state index is 0.0565. The number of likely N-dealkylation sites (tertiary alicyclic amines) is 1. The molecule has 0 unspecified atom stereocenters. The number of nitrogens with one attached hydrogen (secondary N) is 1. The Hall–Kier alpha value is -2.09. The molecule has 1 aliphatic heterocycles. The molecule has 0 radical (unpaired) electrons. The summed E-state index contributed by atoms with van der Waals surface area (Å²) in [4.78, 5) is 24.2. The van der Waals surface area contributed by atoms with Crippen molar-refractivity contribution in [2.24, 2.45) is 5.92 Å². The van der Waals surface area contributed by atoms with Gasteiger partial charge >= 0.3 is 0 Å². The van der Waals surface area contributed by atoms with Crippen molar-refractivity contribution in [3.05, 3.63) is 22.6 Å². The third-order valence-corrected chi connectivity index (χ3v) is 6.43. The molecule has 1 saturated carbocycles. The molecule has 2 fully saturated rings. The van der Waals surface area contributed by atoms with Crippen LogP contribution in [-0.2, 0) is 11.2 Å². The van der Waals surface area contributed by atoms with Crippen LogP contribution in [0.25, 0.3) is 0 Å². The van der Waals surface area contributed by atoms with Crippen LogP contribution in [0.2, 0.25) is 0 Å². The van der Waals surface area contributed by atoms with Crippen LogP contribution < -0.4 is 5.32 Å². The average Bonchev–Trinajstić information content (AvgIpc) is 3.41. The first-order chi connectivity index (χ1) is 13.1. The molecule has 1 saturated heterocycles. The van der Waals surface area contributed by atoms with E-state index in [4.69, 9.17) is 0 Å². The Balaban J connectivity index is 1.55. The zero-order valence-electron chi connectivity index (χ0n) is 15.9. The van der Waals surface area contributed by atoms with Crippen LogP contribution in [0, 0.1) is 12.8 Å². The summed E-state index contributed by atoms with van der Waals surface area (Å²) in [5.41, 5.74) is 0.925. The van der Waals surface area contributed by atoms with Gasteiger partial charge in [-0.25, -0.2) is 9.97 Å². The number of aromatic nitrogens is 4. The molecule has 2 aliphatic rings. The first kappa shape index (κ1) is 18.3. The number of amides is 1. The average molecular weight is 387 g/mol. The summed E-state index contributed by atoms with van der Waals surface area (Å²) >= 11 is 1.54. The number of anilines is 2. The third kappa shape index (κ3) is 3.95. The number of rotatable bonds is 5. The highest BCUT2D eigenvalue weighted by Gasteiger charge is 2.35. The molecule has 1 atom stereocenters. The van der Waals surface area contributed by atoms with E-state index in [9.17, 15) is 4.79 Å². The maximum Gasteiger partial charge on any atom is 0.226 e. The van der Waals surface area contributed by atoms with Gasteiger partial charge in [-0.2, -0.15) is 0 Å². The highest BCUT2D eigenvalue weighted by molar-refractivity contribution is 7.15. The van der Waals surface area contributed by atoms with Crippen LogP contribution in [0.1, 0.15) is 68.0 Å². The Bertz CT molecular complexity index is 816. The molecular weight excluding hydrogens is 360 g/mol. The van der Waals surface area contributed by atoms with Crippen molar-refractivity contribution < 1.29 is 4.79 Å². The van der Waals surface area contributed by atoms with Gasteiger partial charge in [-0.3, -0.25) is 4.79 Å². The number of hydrogen-bond donors (Lipinski definition) is 1. The summed E-state index contributed by atoms with van der Waals surface area (Å²) < 4.78 is 0. The number of carbonyl (C=O) groups excluding carboxylic acids is 1. The summed E-state index contributed by atoms with van der Waals surface area (Å²) in [5.74, 6) is 1.95. The zero-order valence-corrected chi connectivity index (χ0v) is 16.8. The molecule has 0 spiro atoms.